The van der Waals surface area contributed by atoms with Crippen LogP contribution in [0.3, 0.4) is 0 Å². The van der Waals surface area contributed by atoms with E-state index in [0.29, 0.717) is 10.5 Å². The van der Waals surface area contributed by atoms with Gasteiger partial charge in [0.05, 0.1) is 5.52 Å². The Morgan fingerprint density at radius 2 is 2.20 bits per heavy atom. The average molecular weight is 234 g/mol. The fraction of sp³-hybridized carbons (Fsp3) is 0. The molecule has 0 aliphatic rings. The molecule has 0 spiro atoms. The number of hydrogen-bond donors (Lipinski definition) is 1. The number of fused-ring (bicyclic) bond motifs is 1. The second-order valence-corrected chi connectivity index (χ2v) is 4.76. The van der Waals surface area contributed by atoms with E-state index in [0.717, 1.165) is 11.1 Å². The number of rotatable bonds is 1. The topological polar surface area (TPSA) is 45.8 Å². The van der Waals surface area contributed by atoms with Crippen molar-refractivity contribution in [3.63, 3.8) is 0 Å². The van der Waals surface area contributed by atoms with Gasteiger partial charge in [-0.05, 0) is 22.9 Å². The minimum absolute atomic E-state index is 0.0591. The van der Waals surface area contributed by atoms with E-state index >= 15 is 0 Å². The third kappa shape index (κ3) is 1.40. The van der Waals surface area contributed by atoms with Gasteiger partial charge in [-0.1, -0.05) is 0 Å². The highest BCUT2D eigenvalue weighted by atomic mass is 32.1. The summed E-state index contributed by atoms with van der Waals surface area (Å²) >= 11 is 3.00. The first kappa shape index (κ1) is 8.82. The fourth-order valence-electron chi connectivity index (χ4n) is 1.41. The fourth-order valence-corrected chi connectivity index (χ4v) is 2.78. The molecule has 0 radical (unpaired) electrons. The Labute approximate surface area is 93.1 Å². The lowest BCUT2D eigenvalue weighted by atomic mass is 10.3. The molecule has 0 saturated carbocycles. The SMILES string of the molecule is O=c1[nH]c(-c2ccsc2)nc2ccsc12. The molecule has 3 heterocycles. The number of thiophene rings is 2. The zero-order valence-corrected chi connectivity index (χ0v) is 9.19. The highest BCUT2D eigenvalue weighted by molar-refractivity contribution is 7.17. The molecular weight excluding hydrogens is 228 g/mol. The predicted octanol–water partition coefficient (Wildman–Crippen LogP) is 2.71. The van der Waals surface area contributed by atoms with E-state index < -0.39 is 0 Å². The van der Waals surface area contributed by atoms with Crippen molar-refractivity contribution in [2.45, 2.75) is 0 Å². The Kier molecular flexibility index (Phi) is 1.93. The molecule has 0 saturated heterocycles. The molecule has 3 aromatic rings. The Morgan fingerprint density at radius 1 is 1.27 bits per heavy atom. The quantitative estimate of drug-likeness (QED) is 0.703. The standard InChI is InChI=1S/C10H6N2OS2/c13-10-8-7(2-4-15-8)11-9(12-10)6-1-3-14-5-6/h1-5H,(H,11,12,13). The normalized spacial score (nSPS) is 10.9. The zero-order valence-electron chi connectivity index (χ0n) is 7.56. The van der Waals surface area contributed by atoms with Crippen molar-refractivity contribution in [1.82, 2.24) is 9.97 Å². The summed E-state index contributed by atoms with van der Waals surface area (Å²) in [5.41, 5.74) is 1.67. The lowest BCUT2D eigenvalue weighted by Gasteiger charge is -1.96. The van der Waals surface area contributed by atoms with Gasteiger partial charge in [-0.25, -0.2) is 4.98 Å². The molecular formula is C10H6N2OS2. The van der Waals surface area contributed by atoms with E-state index in [2.05, 4.69) is 9.97 Å². The molecule has 3 aromatic heterocycles. The predicted molar refractivity (Wildman–Crippen MR) is 63.6 cm³/mol. The molecule has 0 aliphatic carbocycles. The van der Waals surface area contributed by atoms with Gasteiger partial charge in [0.15, 0.2) is 0 Å². The summed E-state index contributed by atoms with van der Waals surface area (Å²) in [6.45, 7) is 0. The van der Waals surface area contributed by atoms with Crippen LogP contribution in [0.4, 0.5) is 0 Å². The van der Waals surface area contributed by atoms with E-state index in [4.69, 9.17) is 0 Å². The van der Waals surface area contributed by atoms with E-state index in [1.54, 1.807) is 11.3 Å². The monoisotopic (exact) mass is 234 g/mol. The molecule has 15 heavy (non-hydrogen) atoms. The van der Waals surface area contributed by atoms with Gasteiger partial charge in [-0.2, -0.15) is 11.3 Å². The Hall–Kier alpha value is -1.46. The summed E-state index contributed by atoms with van der Waals surface area (Å²) in [5.74, 6) is 0.646. The Bertz CT molecular complexity index is 651. The van der Waals surface area contributed by atoms with Gasteiger partial charge in [-0.3, -0.25) is 4.79 Å². The third-order valence-corrected chi connectivity index (χ3v) is 3.70. The van der Waals surface area contributed by atoms with Crippen molar-refractivity contribution in [3.8, 4) is 11.4 Å². The van der Waals surface area contributed by atoms with Crippen molar-refractivity contribution in [1.29, 1.82) is 0 Å². The average Bonchev–Trinajstić information content (AvgIpc) is 2.88. The van der Waals surface area contributed by atoms with Gasteiger partial charge in [0.2, 0.25) is 0 Å². The molecule has 1 N–H and O–H groups in total. The minimum Gasteiger partial charge on any atom is -0.305 e. The molecule has 3 nitrogen and oxygen atoms in total. The molecule has 0 atom stereocenters. The van der Waals surface area contributed by atoms with Crippen molar-refractivity contribution >= 4 is 32.9 Å². The van der Waals surface area contributed by atoms with Crippen LogP contribution in [0, 0.1) is 0 Å². The third-order valence-electron chi connectivity index (χ3n) is 2.11. The number of aromatic nitrogens is 2. The molecule has 0 fully saturated rings. The summed E-state index contributed by atoms with van der Waals surface area (Å²) < 4.78 is 0.689. The van der Waals surface area contributed by atoms with Crippen LogP contribution in [-0.4, -0.2) is 9.97 Å². The molecule has 0 aromatic carbocycles. The highest BCUT2D eigenvalue weighted by Gasteiger charge is 2.06. The summed E-state index contributed by atoms with van der Waals surface area (Å²) in [5, 5.41) is 5.81. The maximum absolute atomic E-state index is 11.7. The highest BCUT2D eigenvalue weighted by Crippen LogP contribution is 2.20. The largest absolute Gasteiger partial charge is 0.305 e. The minimum atomic E-state index is -0.0591. The van der Waals surface area contributed by atoms with Crippen LogP contribution < -0.4 is 5.56 Å². The second kappa shape index (κ2) is 3.29. The number of aromatic amines is 1. The maximum atomic E-state index is 11.7. The first-order chi connectivity index (χ1) is 7.34. The van der Waals surface area contributed by atoms with Crippen LogP contribution in [0.5, 0.6) is 0 Å². The number of nitrogens with zero attached hydrogens (tertiary/aromatic N) is 1. The molecule has 3 rings (SSSR count). The Morgan fingerprint density at radius 3 is 3.00 bits per heavy atom. The van der Waals surface area contributed by atoms with Crippen molar-refractivity contribution in [3.05, 3.63) is 38.6 Å². The zero-order chi connectivity index (χ0) is 10.3. The van der Waals surface area contributed by atoms with E-state index in [1.807, 2.05) is 28.3 Å². The number of nitrogens with one attached hydrogen (secondary N) is 1. The van der Waals surface area contributed by atoms with Crippen LogP contribution in [0.1, 0.15) is 0 Å². The van der Waals surface area contributed by atoms with Gasteiger partial charge in [0.1, 0.15) is 10.5 Å². The summed E-state index contributed by atoms with van der Waals surface area (Å²) in [6, 6.07) is 3.81. The summed E-state index contributed by atoms with van der Waals surface area (Å²) in [7, 11) is 0. The Balaban J connectivity index is 2.34. The van der Waals surface area contributed by atoms with Gasteiger partial charge in [0.25, 0.3) is 5.56 Å². The summed E-state index contributed by atoms with van der Waals surface area (Å²) in [6.07, 6.45) is 0. The van der Waals surface area contributed by atoms with Gasteiger partial charge in [-0.15, -0.1) is 11.3 Å². The van der Waals surface area contributed by atoms with Crippen LogP contribution >= 0.6 is 22.7 Å². The van der Waals surface area contributed by atoms with Crippen LogP contribution in [0.25, 0.3) is 21.6 Å². The molecule has 0 bridgehead atoms. The van der Waals surface area contributed by atoms with E-state index in [1.165, 1.54) is 11.3 Å². The molecule has 74 valence electrons. The summed E-state index contributed by atoms with van der Waals surface area (Å²) in [4.78, 5) is 18.9. The van der Waals surface area contributed by atoms with E-state index in [-0.39, 0.29) is 5.56 Å². The number of H-pyrrole nitrogens is 1. The van der Waals surface area contributed by atoms with E-state index in [9.17, 15) is 4.79 Å². The van der Waals surface area contributed by atoms with Crippen LogP contribution in [0.15, 0.2) is 33.1 Å². The van der Waals surface area contributed by atoms with Crippen molar-refractivity contribution in [2.75, 3.05) is 0 Å². The molecule has 0 unspecified atom stereocenters. The lowest BCUT2D eigenvalue weighted by molar-refractivity contribution is 1.19. The van der Waals surface area contributed by atoms with Crippen LogP contribution in [-0.2, 0) is 0 Å². The first-order valence-electron chi connectivity index (χ1n) is 4.35. The van der Waals surface area contributed by atoms with Crippen LogP contribution in [0.2, 0.25) is 0 Å². The molecule has 0 amide bonds. The van der Waals surface area contributed by atoms with Crippen molar-refractivity contribution in [2.24, 2.45) is 0 Å². The smallest absolute Gasteiger partial charge is 0.269 e. The molecule has 5 heteroatoms. The maximum Gasteiger partial charge on any atom is 0.269 e. The lowest BCUT2D eigenvalue weighted by Crippen LogP contribution is -2.07. The van der Waals surface area contributed by atoms with Gasteiger partial charge in [0, 0.05) is 10.9 Å². The van der Waals surface area contributed by atoms with Crippen molar-refractivity contribution < 1.29 is 0 Å². The van der Waals surface area contributed by atoms with Gasteiger partial charge >= 0.3 is 0 Å². The molecule has 0 aliphatic heterocycles. The van der Waals surface area contributed by atoms with Gasteiger partial charge < -0.3 is 4.98 Å². The second-order valence-electron chi connectivity index (χ2n) is 3.06. The first-order valence-corrected chi connectivity index (χ1v) is 6.17. The number of hydrogen-bond acceptors (Lipinski definition) is 4.